The van der Waals surface area contributed by atoms with E-state index < -0.39 is 11.0 Å². The second-order valence-corrected chi connectivity index (χ2v) is 4.39. The number of rotatable bonds is 4. The van der Waals surface area contributed by atoms with Crippen molar-refractivity contribution in [3.63, 3.8) is 0 Å². The molecular formula is C9H14FN3O. The third-order valence-corrected chi connectivity index (χ3v) is 2.94. The maximum absolute atomic E-state index is 12.8. The lowest BCUT2D eigenvalue weighted by Gasteiger charge is -2.28. The Morgan fingerprint density at radius 1 is 1.64 bits per heavy atom. The molecular weight excluding hydrogens is 185 g/mol. The van der Waals surface area contributed by atoms with Crippen molar-refractivity contribution in [2.45, 2.75) is 26.0 Å². The van der Waals surface area contributed by atoms with Crippen molar-refractivity contribution < 1.29 is 9.13 Å². The molecule has 0 radical (unpaired) electrons. The molecule has 0 N–H and O–H groups in total. The molecule has 0 amide bonds. The van der Waals surface area contributed by atoms with Crippen molar-refractivity contribution in [2.24, 2.45) is 5.41 Å². The van der Waals surface area contributed by atoms with E-state index in [0.717, 1.165) is 0 Å². The third-order valence-electron chi connectivity index (χ3n) is 2.94. The molecule has 78 valence electrons. The van der Waals surface area contributed by atoms with E-state index in [4.69, 9.17) is 4.74 Å². The summed E-state index contributed by atoms with van der Waals surface area (Å²) in [4.78, 5) is 3.84. The van der Waals surface area contributed by atoms with E-state index in [1.54, 1.807) is 11.0 Å². The van der Waals surface area contributed by atoms with E-state index in [9.17, 15) is 4.39 Å². The number of hydrogen-bond donors (Lipinski definition) is 0. The average molecular weight is 199 g/mol. The fourth-order valence-electron chi connectivity index (χ4n) is 1.48. The summed E-state index contributed by atoms with van der Waals surface area (Å²) in [6, 6.07) is 0. The fraction of sp³-hybridized carbons (Fsp3) is 0.778. The van der Waals surface area contributed by atoms with E-state index >= 15 is 0 Å². The van der Waals surface area contributed by atoms with Crippen LogP contribution >= 0.6 is 0 Å². The lowest BCUT2D eigenvalue weighted by molar-refractivity contribution is 0.0865. The number of halogens is 1. The van der Waals surface area contributed by atoms with Gasteiger partial charge in [0.1, 0.15) is 18.3 Å². The molecule has 0 spiro atoms. The van der Waals surface area contributed by atoms with Crippen LogP contribution in [-0.4, -0.2) is 33.6 Å². The van der Waals surface area contributed by atoms with Crippen molar-refractivity contribution in [1.82, 2.24) is 14.8 Å². The van der Waals surface area contributed by atoms with Gasteiger partial charge < -0.3 is 4.74 Å². The first-order chi connectivity index (χ1) is 6.60. The zero-order valence-electron chi connectivity index (χ0n) is 8.40. The van der Waals surface area contributed by atoms with Gasteiger partial charge in [-0.05, 0) is 0 Å². The van der Waals surface area contributed by atoms with Gasteiger partial charge in [-0.25, -0.2) is 9.67 Å². The molecule has 0 saturated carbocycles. The Kier molecular flexibility index (Phi) is 2.06. The van der Waals surface area contributed by atoms with Crippen molar-refractivity contribution in [2.75, 3.05) is 13.3 Å². The Hall–Kier alpha value is -0.970. The van der Waals surface area contributed by atoms with E-state index in [1.807, 2.05) is 13.8 Å². The van der Waals surface area contributed by atoms with E-state index in [-0.39, 0.29) is 6.67 Å². The van der Waals surface area contributed by atoms with Crippen LogP contribution < -0.4 is 0 Å². The molecule has 1 aromatic heterocycles. The van der Waals surface area contributed by atoms with Gasteiger partial charge >= 0.3 is 0 Å². The van der Waals surface area contributed by atoms with Gasteiger partial charge in [0, 0.05) is 5.41 Å². The lowest BCUT2D eigenvalue weighted by Crippen LogP contribution is -2.39. The summed E-state index contributed by atoms with van der Waals surface area (Å²) in [6.07, 6.45) is 3.09. The second-order valence-electron chi connectivity index (χ2n) is 4.39. The average Bonchev–Trinajstić information content (AvgIpc) is 2.76. The van der Waals surface area contributed by atoms with Gasteiger partial charge in [-0.15, -0.1) is 0 Å². The Morgan fingerprint density at radius 3 is 2.79 bits per heavy atom. The summed E-state index contributed by atoms with van der Waals surface area (Å²) >= 11 is 0. The first-order valence-corrected chi connectivity index (χ1v) is 4.62. The molecule has 1 aliphatic rings. The number of ether oxygens (including phenoxy) is 1. The van der Waals surface area contributed by atoms with Gasteiger partial charge in [0.2, 0.25) is 0 Å². The zero-order valence-corrected chi connectivity index (χ0v) is 8.40. The minimum absolute atomic E-state index is 0.387. The molecule has 0 bridgehead atoms. The van der Waals surface area contributed by atoms with Crippen molar-refractivity contribution in [3.05, 3.63) is 12.7 Å². The zero-order chi connectivity index (χ0) is 10.2. The third kappa shape index (κ3) is 1.41. The topological polar surface area (TPSA) is 43.2 Å². The normalized spacial score (nSPS) is 26.5. The van der Waals surface area contributed by atoms with E-state index in [2.05, 4.69) is 10.1 Å². The molecule has 1 fully saturated rings. The number of nitrogens with zero attached hydrogens (tertiary/aromatic N) is 3. The first kappa shape index (κ1) is 9.58. The SMILES string of the molecule is CC(C)(CF)C1(Cn2cncn2)CO1. The van der Waals surface area contributed by atoms with Gasteiger partial charge in [0.25, 0.3) is 0 Å². The van der Waals surface area contributed by atoms with Crippen LogP contribution in [0, 0.1) is 5.41 Å². The van der Waals surface area contributed by atoms with E-state index in [1.165, 1.54) is 6.33 Å². The lowest BCUT2D eigenvalue weighted by atomic mass is 9.80. The molecule has 1 aromatic rings. The maximum Gasteiger partial charge on any atom is 0.137 e. The van der Waals surface area contributed by atoms with Crippen molar-refractivity contribution >= 4 is 0 Å². The maximum atomic E-state index is 12.8. The van der Waals surface area contributed by atoms with Crippen LogP contribution in [0.5, 0.6) is 0 Å². The Labute approximate surface area is 82.1 Å². The van der Waals surface area contributed by atoms with Crippen molar-refractivity contribution in [3.8, 4) is 0 Å². The van der Waals surface area contributed by atoms with Gasteiger partial charge in [-0.3, -0.25) is 4.39 Å². The summed E-state index contributed by atoms with van der Waals surface area (Å²) < 4.78 is 19.9. The summed E-state index contributed by atoms with van der Waals surface area (Å²) in [5, 5.41) is 3.99. The second kappa shape index (κ2) is 3.02. The minimum atomic E-state index is -0.459. The Morgan fingerprint density at radius 2 is 2.36 bits per heavy atom. The molecule has 0 aromatic carbocycles. The Bertz CT molecular complexity index is 306. The number of epoxide rings is 1. The monoisotopic (exact) mass is 199 g/mol. The van der Waals surface area contributed by atoms with Crippen LogP contribution in [0.3, 0.4) is 0 Å². The molecule has 0 aliphatic carbocycles. The molecule has 14 heavy (non-hydrogen) atoms. The quantitative estimate of drug-likeness (QED) is 0.680. The molecule has 2 rings (SSSR count). The highest BCUT2D eigenvalue weighted by Gasteiger charge is 2.57. The highest BCUT2D eigenvalue weighted by Crippen LogP contribution is 2.45. The predicted octanol–water partition coefficient (Wildman–Crippen LogP) is 1.04. The summed E-state index contributed by atoms with van der Waals surface area (Å²) in [6.45, 7) is 4.53. The molecule has 4 nitrogen and oxygen atoms in total. The fourth-order valence-corrected chi connectivity index (χ4v) is 1.48. The highest BCUT2D eigenvalue weighted by molar-refractivity contribution is 5.03. The smallest absolute Gasteiger partial charge is 0.137 e. The van der Waals surface area contributed by atoms with Crippen LogP contribution in [-0.2, 0) is 11.3 Å². The van der Waals surface area contributed by atoms with Gasteiger partial charge in [0.05, 0.1) is 19.8 Å². The van der Waals surface area contributed by atoms with Gasteiger partial charge in [-0.1, -0.05) is 13.8 Å². The largest absolute Gasteiger partial charge is 0.367 e. The first-order valence-electron chi connectivity index (χ1n) is 4.62. The minimum Gasteiger partial charge on any atom is -0.367 e. The molecule has 1 atom stereocenters. The molecule has 1 saturated heterocycles. The Balaban J connectivity index is 2.11. The van der Waals surface area contributed by atoms with Crippen molar-refractivity contribution in [1.29, 1.82) is 0 Å². The summed E-state index contributed by atoms with van der Waals surface area (Å²) in [5.41, 5.74) is -0.853. The van der Waals surface area contributed by atoms with Crippen LogP contribution in [0.25, 0.3) is 0 Å². The number of aromatic nitrogens is 3. The summed E-state index contributed by atoms with van der Waals surface area (Å²) in [5.74, 6) is 0. The van der Waals surface area contributed by atoms with Crippen LogP contribution in [0.2, 0.25) is 0 Å². The van der Waals surface area contributed by atoms with Crippen LogP contribution in [0.4, 0.5) is 4.39 Å². The van der Waals surface area contributed by atoms with Gasteiger partial charge in [0.15, 0.2) is 0 Å². The standard InChI is InChI=1S/C9H14FN3O/c1-8(2,3-10)9(5-14-9)4-13-7-11-6-12-13/h6-7H,3-5H2,1-2H3. The number of hydrogen-bond acceptors (Lipinski definition) is 3. The molecule has 2 heterocycles. The van der Waals surface area contributed by atoms with E-state index in [0.29, 0.717) is 13.2 Å². The molecule has 1 aliphatic heterocycles. The highest BCUT2D eigenvalue weighted by atomic mass is 19.1. The molecule has 5 heteroatoms. The van der Waals surface area contributed by atoms with Crippen LogP contribution in [0.1, 0.15) is 13.8 Å². The van der Waals surface area contributed by atoms with Crippen LogP contribution in [0.15, 0.2) is 12.7 Å². The number of alkyl halides is 1. The summed E-state index contributed by atoms with van der Waals surface area (Å²) in [7, 11) is 0. The van der Waals surface area contributed by atoms with Gasteiger partial charge in [-0.2, -0.15) is 5.10 Å². The molecule has 1 unspecified atom stereocenters. The predicted molar refractivity (Wildman–Crippen MR) is 48.5 cm³/mol.